The van der Waals surface area contributed by atoms with E-state index in [1.807, 2.05) is 0 Å². The first kappa shape index (κ1) is 11.0. The Bertz CT molecular complexity index is 407. The molecule has 4 nitrogen and oxygen atoms in total. The molecule has 0 heterocycles. The molecule has 0 radical (unpaired) electrons. The molecule has 0 spiro atoms. The maximum Gasteiger partial charge on any atom is 0.307 e. The first-order chi connectivity index (χ1) is 7.13. The van der Waals surface area contributed by atoms with Crippen molar-refractivity contribution >= 4 is 18.3 Å². The second kappa shape index (κ2) is 4.95. The summed E-state index contributed by atoms with van der Waals surface area (Å²) in [5.41, 5.74) is 0.865. The van der Waals surface area contributed by atoms with E-state index in [1.165, 1.54) is 18.2 Å². The molecule has 15 heavy (non-hydrogen) atoms. The van der Waals surface area contributed by atoms with E-state index >= 15 is 0 Å². The molecule has 0 aromatic heterocycles. The predicted molar refractivity (Wildman–Crippen MR) is 54.8 cm³/mol. The van der Waals surface area contributed by atoms with Gasteiger partial charge in [0.15, 0.2) is 6.29 Å². The number of rotatable bonds is 4. The predicted octanol–water partition coefficient (Wildman–Crippen LogP) is 1.69. The van der Waals surface area contributed by atoms with E-state index in [4.69, 9.17) is 5.11 Å². The summed E-state index contributed by atoms with van der Waals surface area (Å²) < 4.78 is 0. The molecular weight excluding hydrogens is 196 g/mol. The molecule has 1 rings (SSSR count). The highest BCUT2D eigenvalue weighted by Gasteiger charge is 1.99. The van der Waals surface area contributed by atoms with Gasteiger partial charge in [-0.15, -0.1) is 0 Å². The van der Waals surface area contributed by atoms with Crippen LogP contribution in [0.15, 0.2) is 24.3 Å². The van der Waals surface area contributed by atoms with Crippen LogP contribution in [0.2, 0.25) is 0 Å². The Labute approximate surface area is 86.5 Å². The summed E-state index contributed by atoms with van der Waals surface area (Å²) in [4.78, 5) is 20.6. The minimum Gasteiger partial charge on any atom is -0.507 e. The molecule has 0 saturated heterocycles. The van der Waals surface area contributed by atoms with Crippen LogP contribution in [0.1, 0.15) is 22.3 Å². The molecule has 0 saturated carbocycles. The monoisotopic (exact) mass is 206 g/mol. The lowest BCUT2D eigenvalue weighted by atomic mass is 10.1. The molecule has 0 aliphatic carbocycles. The number of phenolic OH excluding ortho intramolecular Hbond substituents is 1. The second-order valence-electron chi connectivity index (χ2n) is 2.94. The highest BCUT2D eigenvalue weighted by Crippen LogP contribution is 2.17. The van der Waals surface area contributed by atoms with Crippen molar-refractivity contribution < 1.29 is 19.8 Å². The summed E-state index contributed by atoms with van der Waals surface area (Å²) in [7, 11) is 0. The molecule has 0 amide bonds. The third-order valence-corrected chi connectivity index (χ3v) is 1.78. The number of carbonyl (C=O) groups is 2. The van der Waals surface area contributed by atoms with E-state index in [2.05, 4.69) is 0 Å². The quantitative estimate of drug-likeness (QED) is 0.735. The van der Waals surface area contributed by atoms with E-state index in [-0.39, 0.29) is 17.7 Å². The van der Waals surface area contributed by atoms with Crippen LogP contribution in [0.25, 0.3) is 6.08 Å². The SMILES string of the molecule is O=Cc1ccc(C=CCC(=O)O)cc1O. The third kappa shape index (κ3) is 3.27. The topological polar surface area (TPSA) is 74.6 Å². The first-order valence-electron chi connectivity index (χ1n) is 4.30. The molecule has 4 heteroatoms. The molecule has 0 atom stereocenters. The van der Waals surface area contributed by atoms with Crippen LogP contribution < -0.4 is 0 Å². The lowest BCUT2D eigenvalue weighted by molar-refractivity contribution is -0.135. The van der Waals surface area contributed by atoms with Gasteiger partial charge in [0.2, 0.25) is 0 Å². The van der Waals surface area contributed by atoms with Crippen LogP contribution in [0, 0.1) is 0 Å². The van der Waals surface area contributed by atoms with Crippen LogP contribution in [-0.2, 0) is 4.79 Å². The molecule has 2 N–H and O–H groups in total. The van der Waals surface area contributed by atoms with E-state index in [0.29, 0.717) is 11.8 Å². The van der Waals surface area contributed by atoms with Gasteiger partial charge in [-0.2, -0.15) is 0 Å². The zero-order valence-corrected chi connectivity index (χ0v) is 7.88. The van der Waals surface area contributed by atoms with E-state index in [0.717, 1.165) is 0 Å². The summed E-state index contributed by atoms with van der Waals surface area (Å²) in [6.45, 7) is 0. The van der Waals surface area contributed by atoms with Crippen LogP contribution in [0.3, 0.4) is 0 Å². The van der Waals surface area contributed by atoms with Gasteiger partial charge in [-0.05, 0) is 17.7 Å². The number of hydrogen-bond donors (Lipinski definition) is 2. The standard InChI is InChI=1S/C11H10O4/c12-7-9-5-4-8(6-10(9)13)2-1-3-11(14)15/h1-2,4-7,13H,3H2,(H,14,15). The number of hydrogen-bond acceptors (Lipinski definition) is 3. The molecule has 0 bridgehead atoms. The Balaban J connectivity index is 2.79. The molecule has 0 aliphatic heterocycles. The summed E-state index contributed by atoms with van der Waals surface area (Å²) in [5, 5.41) is 17.7. The van der Waals surface area contributed by atoms with Gasteiger partial charge in [0.25, 0.3) is 0 Å². The Hall–Kier alpha value is -2.10. The first-order valence-corrected chi connectivity index (χ1v) is 4.30. The van der Waals surface area contributed by atoms with Gasteiger partial charge in [0, 0.05) is 0 Å². The van der Waals surface area contributed by atoms with E-state index < -0.39 is 5.97 Å². The highest BCUT2D eigenvalue weighted by atomic mass is 16.4. The van der Waals surface area contributed by atoms with Crippen molar-refractivity contribution in [2.75, 3.05) is 0 Å². The number of carboxylic acids is 1. The Morgan fingerprint density at radius 1 is 1.40 bits per heavy atom. The average Bonchev–Trinajstić information content (AvgIpc) is 2.17. The second-order valence-corrected chi connectivity index (χ2v) is 2.94. The highest BCUT2D eigenvalue weighted by molar-refractivity contribution is 5.80. The smallest absolute Gasteiger partial charge is 0.307 e. The zero-order valence-electron chi connectivity index (χ0n) is 7.88. The number of carbonyl (C=O) groups excluding carboxylic acids is 1. The van der Waals surface area contributed by atoms with Gasteiger partial charge in [-0.1, -0.05) is 18.2 Å². The summed E-state index contributed by atoms with van der Waals surface area (Å²) in [6.07, 6.45) is 3.52. The zero-order chi connectivity index (χ0) is 11.3. The molecule has 0 fully saturated rings. The molecule has 1 aromatic carbocycles. The van der Waals surface area contributed by atoms with Gasteiger partial charge >= 0.3 is 5.97 Å². The average molecular weight is 206 g/mol. The fraction of sp³-hybridized carbons (Fsp3) is 0.0909. The van der Waals surface area contributed by atoms with Crippen molar-refractivity contribution in [2.45, 2.75) is 6.42 Å². The maximum atomic E-state index is 10.4. The van der Waals surface area contributed by atoms with Gasteiger partial charge in [-0.25, -0.2) is 0 Å². The van der Waals surface area contributed by atoms with Crippen molar-refractivity contribution in [1.82, 2.24) is 0 Å². The minimum absolute atomic E-state index is 0.0732. The summed E-state index contributed by atoms with van der Waals surface area (Å²) >= 11 is 0. The number of carboxylic acid groups (broad SMARTS) is 1. The fourth-order valence-electron chi connectivity index (χ4n) is 1.06. The maximum absolute atomic E-state index is 10.4. The van der Waals surface area contributed by atoms with Crippen LogP contribution in [0.5, 0.6) is 5.75 Å². The minimum atomic E-state index is -0.917. The normalized spacial score (nSPS) is 10.4. The number of aliphatic carboxylic acids is 1. The Morgan fingerprint density at radius 2 is 2.13 bits per heavy atom. The molecule has 0 aliphatic rings. The van der Waals surface area contributed by atoms with Crippen LogP contribution in [0.4, 0.5) is 0 Å². The van der Waals surface area contributed by atoms with Crippen molar-refractivity contribution in [3.63, 3.8) is 0 Å². The van der Waals surface area contributed by atoms with Crippen molar-refractivity contribution in [3.05, 3.63) is 35.4 Å². The van der Waals surface area contributed by atoms with Gasteiger partial charge < -0.3 is 10.2 Å². The van der Waals surface area contributed by atoms with Crippen molar-refractivity contribution in [3.8, 4) is 5.75 Å². The van der Waals surface area contributed by atoms with Crippen LogP contribution >= 0.6 is 0 Å². The largest absolute Gasteiger partial charge is 0.507 e. The van der Waals surface area contributed by atoms with E-state index in [9.17, 15) is 14.7 Å². The molecule has 1 aromatic rings. The Morgan fingerprint density at radius 3 is 2.67 bits per heavy atom. The lowest BCUT2D eigenvalue weighted by Crippen LogP contribution is -1.89. The fourth-order valence-corrected chi connectivity index (χ4v) is 1.06. The van der Waals surface area contributed by atoms with Gasteiger partial charge in [0.05, 0.1) is 12.0 Å². The van der Waals surface area contributed by atoms with Crippen molar-refractivity contribution in [1.29, 1.82) is 0 Å². The van der Waals surface area contributed by atoms with Gasteiger partial charge in [-0.3, -0.25) is 9.59 Å². The van der Waals surface area contributed by atoms with Gasteiger partial charge in [0.1, 0.15) is 5.75 Å². The summed E-state index contributed by atoms with van der Waals surface area (Å²) in [6, 6.07) is 4.51. The van der Waals surface area contributed by atoms with Crippen LogP contribution in [-0.4, -0.2) is 22.5 Å². The number of phenols is 1. The molecule has 78 valence electrons. The number of aromatic hydroxyl groups is 1. The number of aldehydes is 1. The molecular formula is C11H10O4. The third-order valence-electron chi connectivity index (χ3n) is 1.78. The number of benzene rings is 1. The molecule has 0 unspecified atom stereocenters. The lowest BCUT2D eigenvalue weighted by Gasteiger charge is -1.98. The van der Waals surface area contributed by atoms with Crippen molar-refractivity contribution in [2.24, 2.45) is 0 Å². The van der Waals surface area contributed by atoms with E-state index in [1.54, 1.807) is 12.1 Å². The summed E-state index contributed by atoms with van der Waals surface area (Å²) in [5.74, 6) is -1.03. The Kier molecular flexibility index (Phi) is 3.62.